The van der Waals surface area contributed by atoms with E-state index < -0.39 is 15.7 Å². The highest BCUT2D eigenvalue weighted by atomic mass is 32.2. The van der Waals surface area contributed by atoms with Crippen LogP contribution in [0.3, 0.4) is 0 Å². The fraction of sp³-hybridized carbons (Fsp3) is 0.0476. The monoisotopic (exact) mass is 481 g/mol. The second kappa shape index (κ2) is 7.93. The van der Waals surface area contributed by atoms with Gasteiger partial charge in [-0.15, -0.1) is 16.4 Å². The van der Waals surface area contributed by atoms with Gasteiger partial charge in [0.25, 0.3) is 5.91 Å². The Morgan fingerprint density at radius 1 is 1.03 bits per heavy atom. The molecule has 1 amide bonds. The molecule has 0 unspecified atom stereocenters. The molecule has 32 heavy (non-hydrogen) atoms. The van der Waals surface area contributed by atoms with Gasteiger partial charge < -0.3 is 0 Å². The number of fused-ring (bicyclic) bond motifs is 1. The van der Waals surface area contributed by atoms with Crippen LogP contribution in [0.2, 0.25) is 0 Å². The summed E-state index contributed by atoms with van der Waals surface area (Å²) in [4.78, 5) is 22.8. The zero-order chi connectivity index (χ0) is 22.3. The quantitative estimate of drug-likeness (QED) is 0.402. The molecule has 1 N–H and O–H groups in total. The average molecular weight is 482 g/mol. The van der Waals surface area contributed by atoms with Crippen molar-refractivity contribution in [1.82, 2.24) is 19.7 Å². The minimum absolute atomic E-state index is 0.00772. The number of thiophene rings is 1. The third-order valence-electron chi connectivity index (χ3n) is 4.56. The molecule has 0 atom stereocenters. The van der Waals surface area contributed by atoms with Crippen LogP contribution in [-0.2, 0) is 9.84 Å². The number of anilines is 1. The first-order chi connectivity index (χ1) is 15.4. The molecule has 2 aromatic carbocycles. The minimum Gasteiger partial charge on any atom is -0.295 e. The summed E-state index contributed by atoms with van der Waals surface area (Å²) in [6.07, 6.45) is 1.15. The third kappa shape index (κ3) is 3.93. The van der Waals surface area contributed by atoms with E-state index in [-0.39, 0.29) is 10.7 Å². The van der Waals surface area contributed by atoms with Crippen molar-refractivity contribution in [2.24, 2.45) is 0 Å². The topological polar surface area (TPSA) is 107 Å². The van der Waals surface area contributed by atoms with Crippen molar-refractivity contribution < 1.29 is 13.2 Å². The molecule has 0 aliphatic rings. The van der Waals surface area contributed by atoms with E-state index in [1.165, 1.54) is 28.7 Å². The van der Waals surface area contributed by atoms with Crippen molar-refractivity contribution in [3.8, 4) is 16.4 Å². The summed E-state index contributed by atoms with van der Waals surface area (Å²) < 4.78 is 25.9. The van der Waals surface area contributed by atoms with Crippen molar-refractivity contribution in [1.29, 1.82) is 0 Å². The van der Waals surface area contributed by atoms with E-state index in [1.807, 2.05) is 47.8 Å². The highest BCUT2D eigenvalue weighted by Gasteiger charge is 2.21. The summed E-state index contributed by atoms with van der Waals surface area (Å²) in [5.41, 5.74) is 1.38. The smallest absolute Gasteiger partial charge is 0.295 e. The lowest BCUT2D eigenvalue weighted by atomic mass is 10.3. The van der Waals surface area contributed by atoms with Crippen LogP contribution in [0.1, 0.15) is 10.6 Å². The number of para-hydroxylation sites is 1. The Labute approximate surface area is 191 Å². The van der Waals surface area contributed by atoms with Crippen molar-refractivity contribution >= 4 is 53.8 Å². The Bertz CT molecular complexity index is 1540. The second-order valence-corrected chi connectivity index (χ2v) is 10.9. The maximum absolute atomic E-state index is 12.9. The maximum Gasteiger partial charge on any atom is 0.297 e. The van der Waals surface area contributed by atoms with Crippen LogP contribution < -0.4 is 5.32 Å². The first-order valence-electron chi connectivity index (χ1n) is 9.37. The Morgan fingerprint density at radius 3 is 2.56 bits per heavy atom. The van der Waals surface area contributed by atoms with Crippen LogP contribution in [0.4, 0.5) is 5.13 Å². The van der Waals surface area contributed by atoms with Crippen LogP contribution in [0.15, 0.2) is 70.9 Å². The van der Waals surface area contributed by atoms with Gasteiger partial charge in [0.05, 0.1) is 25.7 Å². The highest BCUT2D eigenvalue weighted by molar-refractivity contribution is 7.90. The number of nitrogens with zero attached hydrogens (tertiary/aromatic N) is 4. The molecule has 0 aliphatic carbocycles. The lowest BCUT2D eigenvalue weighted by Crippen LogP contribution is -2.14. The number of nitrogens with one attached hydrogen (secondary N) is 1. The SMILES string of the molecule is CS(=O)(=O)c1ccc2nc(NC(=O)c3nc(-c4cccs4)n(-c4ccccc4)n3)sc2c1. The third-order valence-corrected chi connectivity index (χ3v) is 7.47. The predicted octanol–water partition coefficient (Wildman–Crippen LogP) is 4.26. The molecule has 0 radical (unpaired) electrons. The second-order valence-electron chi connectivity index (χ2n) is 6.86. The summed E-state index contributed by atoms with van der Waals surface area (Å²) in [7, 11) is -3.33. The van der Waals surface area contributed by atoms with Gasteiger partial charge >= 0.3 is 0 Å². The molecule has 11 heteroatoms. The summed E-state index contributed by atoms with van der Waals surface area (Å²) >= 11 is 2.69. The molecule has 0 bridgehead atoms. The number of sulfone groups is 1. The van der Waals surface area contributed by atoms with Gasteiger partial charge in [-0.25, -0.2) is 23.1 Å². The van der Waals surface area contributed by atoms with E-state index >= 15 is 0 Å². The predicted molar refractivity (Wildman–Crippen MR) is 125 cm³/mol. The van der Waals surface area contributed by atoms with E-state index in [9.17, 15) is 13.2 Å². The summed E-state index contributed by atoms with van der Waals surface area (Å²) in [6.45, 7) is 0. The van der Waals surface area contributed by atoms with E-state index in [0.29, 0.717) is 21.2 Å². The van der Waals surface area contributed by atoms with Crippen molar-refractivity contribution in [2.45, 2.75) is 4.90 Å². The van der Waals surface area contributed by atoms with E-state index in [1.54, 1.807) is 16.8 Å². The summed E-state index contributed by atoms with van der Waals surface area (Å²) in [5.74, 6) is 0.0756. The normalized spacial score (nSPS) is 11.7. The van der Waals surface area contributed by atoms with Gasteiger partial charge in [0, 0.05) is 6.26 Å². The van der Waals surface area contributed by atoms with Gasteiger partial charge in [-0.05, 0) is 41.8 Å². The van der Waals surface area contributed by atoms with Crippen molar-refractivity contribution in [2.75, 3.05) is 11.6 Å². The fourth-order valence-electron chi connectivity index (χ4n) is 3.06. The molecule has 0 aliphatic heterocycles. The molecule has 0 spiro atoms. The number of rotatable bonds is 5. The lowest BCUT2D eigenvalue weighted by molar-refractivity contribution is 0.101. The Morgan fingerprint density at radius 2 is 1.84 bits per heavy atom. The summed E-state index contributed by atoms with van der Waals surface area (Å²) in [6, 6.07) is 18.0. The number of benzene rings is 2. The number of amides is 1. The Hall–Kier alpha value is -3.41. The van der Waals surface area contributed by atoms with E-state index in [4.69, 9.17) is 0 Å². The average Bonchev–Trinajstić information content (AvgIpc) is 3.51. The molecule has 8 nitrogen and oxygen atoms in total. The van der Waals surface area contributed by atoms with Gasteiger partial charge in [0.15, 0.2) is 20.8 Å². The molecule has 3 heterocycles. The standard InChI is InChI=1S/C21H15N5O3S3/c1-32(28,29)14-9-10-15-17(12-14)31-21(22-15)24-20(27)18-23-19(16-8-5-11-30-16)26(25-18)13-6-3-2-4-7-13/h2-12H,1H3,(H,22,24,27). The van der Waals surface area contributed by atoms with Crippen molar-refractivity contribution in [3.63, 3.8) is 0 Å². The minimum atomic E-state index is -3.33. The molecular weight excluding hydrogens is 466 g/mol. The summed E-state index contributed by atoms with van der Waals surface area (Å²) in [5, 5.41) is 9.43. The number of hydrogen-bond acceptors (Lipinski definition) is 8. The maximum atomic E-state index is 12.9. The first kappa shape index (κ1) is 20.5. The van der Waals surface area contributed by atoms with Gasteiger partial charge in [-0.2, -0.15) is 0 Å². The van der Waals surface area contributed by atoms with Gasteiger partial charge in [0.1, 0.15) is 0 Å². The number of carbonyl (C=O) groups excluding carboxylic acids is 1. The van der Waals surface area contributed by atoms with Crippen LogP contribution in [0.5, 0.6) is 0 Å². The lowest BCUT2D eigenvalue weighted by Gasteiger charge is -2.03. The molecule has 5 rings (SSSR count). The number of carbonyl (C=O) groups is 1. The molecular formula is C21H15N5O3S3. The molecule has 3 aromatic heterocycles. The zero-order valence-electron chi connectivity index (χ0n) is 16.6. The number of thiazole rings is 1. The van der Waals surface area contributed by atoms with Gasteiger partial charge in [0.2, 0.25) is 5.82 Å². The van der Waals surface area contributed by atoms with Gasteiger partial charge in [-0.3, -0.25) is 10.1 Å². The van der Waals surface area contributed by atoms with Crippen LogP contribution in [0, 0.1) is 0 Å². The molecule has 0 saturated carbocycles. The number of aromatic nitrogens is 4. The highest BCUT2D eigenvalue weighted by Crippen LogP contribution is 2.29. The van der Waals surface area contributed by atoms with E-state index in [0.717, 1.165) is 16.8 Å². The fourth-order valence-corrected chi connectivity index (χ4v) is 5.39. The Balaban J connectivity index is 1.48. The Kier molecular flexibility index (Phi) is 5.08. The largest absolute Gasteiger partial charge is 0.297 e. The van der Waals surface area contributed by atoms with Gasteiger partial charge in [-0.1, -0.05) is 35.6 Å². The van der Waals surface area contributed by atoms with Crippen LogP contribution in [0.25, 0.3) is 26.6 Å². The zero-order valence-corrected chi connectivity index (χ0v) is 19.0. The molecule has 5 aromatic rings. The number of hydrogen-bond donors (Lipinski definition) is 1. The van der Waals surface area contributed by atoms with Crippen molar-refractivity contribution in [3.05, 3.63) is 71.9 Å². The van der Waals surface area contributed by atoms with Crippen LogP contribution >= 0.6 is 22.7 Å². The molecule has 0 saturated heterocycles. The molecule has 0 fully saturated rings. The van der Waals surface area contributed by atoms with E-state index in [2.05, 4.69) is 20.4 Å². The van der Waals surface area contributed by atoms with Crippen LogP contribution in [-0.4, -0.2) is 40.3 Å². The molecule has 160 valence electrons. The first-order valence-corrected chi connectivity index (χ1v) is 13.0.